The molecule has 0 spiro atoms. The molecule has 18 heavy (non-hydrogen) atoms. The van der Waals surface area contributed by atoms with E-state index in [0.29, 0.717) is 10.9 Å². The summed E-state index contributed by atoms with van der Waals surface area (Å²) < 4.78 is 13.2. The Bertz CT molecular complexity index is 679. The first-order valence-electron chi connectivity index (χ1n) is 5.34. The van der Waals surface area contributed by atoms with E-state index in [1.807, 2.05) is 5.32 Å². The van der Waals surface area contributed by atoms with Crippen molar-refractivity contribution in [1.29, 1.82) is 0 Å². The number of aliphatic hydroxyl groups is 1. The Morgan fingerprint density at radius 2 is 2.11 bits per heavy atom. The third kappa shape index (κ3) is 1.36. The molecule has 5 nitrogen and oxygen atoms in total. The fourth-order valence-electron chi connectivity index (χ4n) is 2.24. The van der Waals surface area contributed by atoms with Gasteiger partial charge in [0.1, 0.15) is 5.82 Å². The van der Waals surface area contributed by atoms with Gasteiger partial charge in [-0.1, -0.05) is 0 Å². The second kappa shape index (κ2) is 3.39. The van der Waals surface area contributed by atoms with Crippen LogP contribution in [0.15, 0.2) is 24.4 Å². The van der Waals surface area contributed by atoms with E-state index >= 15 is 0 Å². The molecule has 6 heteroatoms. The molecule has 3 N–H and O–H groups in total. The number of nitrogens with one attached hydrogen (secondary N) is 2. The zero-order valence-electron chi connectivity index (χ0n) is 9.16. The Morgan fingerprint density at radius 1 is 1.33 bits per heavy atom. The number of rotatable bonds is 1. The van der Waals surface area contributed by atoms with Gasteiger partial charge in [0.05, 0.1) is 6.42 Å². The van der Waals surface area contributed by atoms with E-state index in [0.717, 1.165) is 0 Å². The van der Waals surface area contributed by atoms with E-state index in [1.54, 1.807) is 0 Å². The number of halogens is 1. The molecule has 1 aromatic carbocycles. The number of imide groups is 1. The van der Waals surface area contributed by atoms with E-state index in [-0.39, 0.29) is 12.0 Å². The molecule has 1 aromatic heterocycles. The van der Waals surface area contributed by atoms with Crippen LogP contribution in [-0.4, -0.2) is 21.9 Å². The van der Waals surface area contributed by atoms with Crippen LogP contribution in [0.3, 0.4) is 0 Å². The van der Waals surface area contributed by atoms with E-state index in [9.17, 15) is 19.1 Å². The molecule has 0 bridgehead atoms. The van der Waals surface area contributed by atoms with Gasteiger partial charge in [0.15, 0.2) is 5.60 Å². The van der Waals surface area contributed by atoms with Gasteiger partial charge < -0.3 is 10.1 Å². The predicted molar refractivity (Wildman–Crippen MR) is 59.9 cm³/mol. The van der Waals surface area contributed by atoms with Crippen LogP contribution in [0.2, 0.25) is 0 Å². The van der Waals surface area contributed by atoms with E-state index < -0.39 is 23.2 Å². The lowest BCUT2D eigenvalue weighted by Crippen LogP contribution is -2.35. The molecular weight excluding hydrogens is 239 g/mol. The monoisotopic (exact) mass is 248 g/mol. The van der Waals surface area contributed by atoms with Crippen molar-refractivity contribution in [2.24, 2.45) is 0 Å². The molecule has 0 saturated carbocycles. The van der Waals surface area contributed by atoms with Crippen molar-refractivity contribution >= 4 is 22.7 Å². The molecule has 0 radical (unpaired) electrons. The van der Waals surface area contributed by atoms with Crippen molar-refractivity contribution in [2.45, 2.75) is 12.0 Å². The summed E-state index contributed by atoms with van der Waals surface area (Å²) >= 11 is 0. The quantitative estimate of drug-likeness (QED) is 0.644. The minimum atomic E-state index is -1.93. The summed E-state index contributed by atoms with van der Waals surface area (Å²) in [6.07, 6.45) is 1.07. The number of carbonyl (C=O) groups is 2. The number of amides is 2. The Kier molecular flexibility index (Phi) is 2.06. The zero-order valence-corrected chi connectivity index (χ0v) is 9.16. The lowest BCUT2D eigenvalue weighted by molar-refractivity contribution is -0.135. The van der Waals surface area contributed by atoms with Crippen LogP contribution in [-0.2, 0) is 15.2 Å². The summed E-state index contributed by atoms with van der Waals surface area (Å²) in [4.78, 5) is 25.7. The molecule has 0 aliphatic carbocycles. The Morgan fingerprint density at radius 3 is 2.78 bits per heavy atom. The number of hydrogen-bond acceptors (Lipinski definition) is 3. The van der Waals surface area contributed by atoms with Gasteiger partial charge in [-0.15, -0.1) is 0 Å². The molecule has 1 aliphatic heterocycles. The Labute approximate surface area is 101 Å². The highest BCUT2D eigenvalue weighted by Crippen LogP contribution is 2.34. The maximum atomic E-state index is 13.2. The molecule has 1 aliphatic rings. The predicted octanol–water partition coefficient (Wildman–Crippen LogP) is 0.541. The van der Waals surface area contributed by atoms with E-state index in [4.69, 9.17) is 0 Å². The average Bonchev–Trinajstić information content (AvgIpc) is 2.81. The third-order valence-corrected chi connectivity index (χ3v) is 3.13. The van der Waals surface area contributed by atoms with Crippen molar-refractivity contribution < 1.29 is 19.1 Å². The average molecular weight is 248 g/mol. The fraction of sp³-hybridized carbons (Fsp3) is 0.167. The summed E-state index contributed by atoms with van der Waals surface area (Å²) in [6, 6.07) is 3.99. The van der Waals surface area contributed by atoms with E-state index in [1.165, 1.54) is 24.4 Å². The van der Waals surface area contributed by atoms with Gasteiger partial charge in [-0.2, -0.15) is 0 Å². The first-order chi connectivity index (χ1) is 8.50. The van der Waals surface area contributed by atoms with Crippen LogP contribution in [0.5, 0.6) is 0 Å². The van der Waals surface area contributed by atoms with Crippen molar-refractivity contribution in [1.82, 2.24) is 10.3 Å². The lowest BCUT2D eigenvalue weighted by Gasteiger charge is -2.17. The van der Waals surface area contributed by atoms with Crippen molar-refractivity contribution in [2.75, 3.05) is 0 Å². The third-order valence-electron chi connectivity index (χ3n) is 3.13. The number of fused-ring (bicyclic) bond motifs is 1. The SMILES string of the molecule is O=C1CC(O)(c2c[nH]c3ccc(F)cc23)C(=O)N1. The molecule has 1 unspecified atom stereocenters. The van der Waals surface area contributed by atoms with Gasteiger partial charge in [0.2, 0.25) is 5.91 Å². The highest BCUT2D eigenvalue weighted by molar-refractivity contribution is 6.09. The second-order valence-electron chi connectivity index (χ2n) is 4.31. The fourth-order valence-corrected chi connectivity index (χ4v) is 2.24. The van der Waals surface area contributed by atoms with Crippen LogP contribution in [0.25, 0.3) is 10.9 Å². The molecule has 1 fully saturated rings. The molecular formula is C12H9FN2O3. The first kappa shape index (κ1) is 10.9. The summed E-state index contributed by atoms with van der Waals surface area (Å²) in [7, 11) is 0. The molecule has 2 heterocycles. The van der Waals surface area contributed by atoms with Crippen LogP contribution in [0.1, 0.15) is 12.0 Å². The standard InChI is InChI=1S/C12H9FN2O3/c13-6-1-2-9-7(3-6)8(5-14-9)12(18)4-10(16)15-11(12)17/h1-3,5,14,18H,4H2,(H,15,16,17). The van der Waals surface area contributed by atoms with Crippen LogP contribution >= 0.6 is 0 Å². The number of aromatic amines is 1. The molecule has 1 atom stereocenters. The highest BCUT2D eigenvalue weighted by atomic mass is 19.1. The summed E-state index contributed by atoms with van der Waals surface area (Å²) in [5, 5.41) is 12.7. The number of benzene rings is 1. The van der Waals surface area contributed by atoms with Gasteiger partial charge in [-0.05, 0) is 18.2 Å². The van der Waals surface area contributed by atoms with Gasteiger partial charge in [0.25, 0.3) is 5.91 Å². The number of aromatic nitrogens is 1. The van der Waals surface area contributed by atoms with Gasteiger partial charge in [-0.3, -0.25) is 14.9 Å². The smallest absolute Gasteiger partial charge is 0.263 e. The Hall–Kier alpha value is -2.21. The Balaban J connectivity index is 2.23. The number of H-pyrrole nitrogens is 1. The summed E-state index contributed by atoms with van der Waals surface area (Å²) in [5.41, 5.74) is -1.13. The van der Waals surface area contributed by atoms with Crippen LogP contribution in [0.4, 0.5) is 4.39 Å². The lowest BCUT2D eigenvalue weighted by atomic mass is 9.92. The zero-order chi connectivity index (χ0) is 12.9. The first-order valence-corrected chi connectivity index (χ1v) is 5.34. The highest BCUT2D eigenvalue weighted by Gasteiger charge is 2.47. The second-order valence-corrected chi connectivity index (χ2v) is 4.31. The van der Waals surface area contributed by atoms with Gasteiger partial charge >= 0.3 is 0 Å². The molecule has 92 valence electrons. The maximum absolute atomic E-state index is 13.2. The molecule has 3 rings (SSSR count). The van der Waals surface area contributed by atoms with Gasteiger partial charge in [-0.25, -0.2) is 4.39 Å². The van der Waals surface area contributed by atoms with E-state index in [2.05, 4.69) is 4.98 Å². The normalized spacial score (nSPS) is 23.7. The maximum Gasteiger partial charge on any atom is 0.263 e. The van der Waals surface area contributed by atoms with Crippen molar-refractivity contribution in [3.8, 4) is 0 Å². The summed E-state index contributed by atoms with van der Waals surface area (Å²) in [6.45, 7) is 0. The minimum Gasteiger partial charge on any atom is -0.375 e. The number of carbonyl (C=O) groups excluding carboxylic acids is 2. The topological polar surface area (TPSA) is 82.2 Å². The summed E-state index contributed by atoms with van der Waals surface area (Å²) in [5.74, 6) is -1.80. The molecule has 2 amide bonds. The molecule has 1 saturated heterocycles. The minimum absolute atomic E-state index is 0.209. The van der Waals surface area contributed by atoms with Crippen LogP contribution < -0.4 is 5.32 Å². The largest absolute Gasteiger partial charge is 0.375 e. The van der Waals surface area contributed by atoms with Crippen LogP contribution in [0, 0.1) is 5.82 Å². The number of hydrogen-bond donors (Lipinski definition) is 3. The van der Waals surface area contributed by atoms with Gasteiger partial charge in [0, 0.05) is 22.7 Å². The molecule has 2 aromatic rings. The van der Waals surface area contributed by atoms with Crippen molar-refractivity contribution in [3.05, 3.63) is 35.8 Å². The van der Waals surface area contributed by atoms with Crippen molar-refractivity contribution in [3.63, 3.8) is 0 Å².